The highest BCUT2D eigenvalue weighted by molar-refractivity contribution is 5.90. The third-order valence-corrected chi connectivity index (χ3v) is 9.34. The van der Waals surface area contributed by atoms with Gasteiger partial charge in [0.25, 0.3) is 0 Å². The molecular weight excluding hydrogens is 462 g/mol. The van der Waals surface area contributed by atoms with Crippen LogP contribution in [-0.2, 0) is 20.7 Å². The highest BCUT2D eigenvalue weighted by Crippen LogP contribution is 2.36. The van der Waals surface area contributed by atoms with E-state index in [1.54, 1.807) is 0 Å². The molecule has 2 amide bonds. The maximum atomic E-state index is 13.7. The van der Waals surface area contributed by atoms with E-state index in [2.05, 4.69) is 27.7 Å². The van der Waals surface area contributed by atoms with E-state index in [-0.39, 0.29) is 17.9 Å². The first-order chi connectivity index (χ1) is 18.1. The zero-order valence-corrected chi connectivity index (χ0v) is 22.3. The average Bonchev–Trinajstić information content (AvgIpc) is 2.93. The lowest BCUT2D eigenvalue weighted by Crippen LogP contribution is -2.58. The number of hydrogen-bond donors (Lipinski definition) is 2. The molecule has 2 N–H and O–H groups in total. The Morgan fingerprint density at radius 1 is 0.946 bits per heavy atom. The first kappa shape index (κ1) is 26.4. The van der Waals surface area contributed by atoms with Crippen molar-refractivity contribution in [3.63, 3.8) is 0 Å². The second-order valence-electron chi connectivity index (χ2n) is 11.9. The number of carbonyl (C=O) groups is 2. The van der Waals surface area contributed by atoms with Crippen LogP contribution < -0.4 is 10.6 Å². The monoisotopic (exact) mass is 507 g/mol. The van der Waals surface area contributed by atoms with Crippen LogP contribution in [0.3, 0.4) is 0 Å². The number of fused-ring (bicyclic) bond motifs is 1. The molecule has 0 unspecified atom stereocenters. The van der Waals surface area contributed by atoms with Gasteiger partial charge in [-0.3, -0.25) is 9.59 Å². The quantitative estimate of drug-likeness (QED) is 0.598. The fourth-order valence-corrected chi connectivity index (χ4v) is 6.96. The first-order valence-electron chi connectivity index (χ1n) is 14.7. The Labute approximate surface area is 222 Å². The lowest BCUT2D eigenvalue weighted by Gasteiger charge is -2.41. The first-order valence-corrected chi connectivity index (χ1v) is 14.7. The van der Waals surface area contributed by atoms with Crippen LogP contribution in [0.15, 0.2) is 42.5 Å². The molecule has 4 aliphatic rings. The molecule has 1 aromatic rings. The molecule has 1 spiro atoms. The van der Waals surface area contributed by atoms with Crippen LogP contribution in [-0.4, -0.2) is 61.6 Å². The second kappa shape index (κ2) is 12.6. The summed E-state index contributed by atoms with van der Waals surface area (Å²) in [4.78, 5) is 30.1. The Bertz CT molecular complexity index is 921. The molecule has 2 saturated heterocycles. The van der Waals surface area contributed by atoms with Gasteiger partial charge in [-0.05, 0) is 62.3 Å². The van der Waals surface area contributed by atoms with Crippen molar-refractivity contribution in [1.29, 1.82) is 0 Å². The number of hydrogen-bond acceptors (Lipinski definition) is 4. The minimum absolute atomic E-state index is 0.00374. The molecule has 0 aromatic heterocycles. The van der Waals surface area contributed by atoms with Crippen LogP contribution in [0.4, 0.5) is 0 Å². The summed E-state index contributed by atoms with van der Waals surface area (Å²) in [5, 5.41) is 6.61. The van der Waals surface area contributed by atoms with E-state index in [9.17, 15) is 9.59 Å². The van der Waals surface area contributed by atoms with Crippen molar-refractivity contribution < 1.29 is 14.3 Å². The fraction of sp³-hybridized carbons (Fsp3) is 0.677. The van der Waals surface area contributed by atoms with Crippen LogP contribution in [0, 0.1) is 17.3 Å². The molecule has 0 radical (unpaired) electrons. The molecule has 1 aliphatic carbocycles. The Balaban J connectivity index is 1.34. The van der Waals surface area contributed by atoms with Crippen molar-refractivity contribution in [3.05, 3.63) is 48.0 Å². The summed E-state index contributed by atoms with van der Waals surface area (Å²) in [6.45, 7) is 4.48. The molecule has 3 aliphatic heterocycles. The maximum absolute atomic E-state index is 13.7. The number of piperidine rings is 1. The number of benzene rings is 1. The topological polar surface area (TPSA) is 70.7 Å². The third kappa shape index (κ3) is 6.83. The van der Waals surface area contributed by atoms with Gasteiger partial charge in [-0.15, -0.1) is 0 Å². The predicted octanol–water partition coefficient (Wildman–Crippen LogP) is 4.25. The maximum Gasteiger partial charge on any atom is 0.243 e. The second-order valence-corrected chi connectivity index (χ2v) is 11.9. The number of amides is 2. The van der Waals surface area contributed by atoms with Crippen molar-refractivity contribution in [2.45, 2.75) is 82.7 Å². The summed E-state index contributed by atoms with van der Waals surface area (Å²) in [5.74, 6) is 1.19. The van der Waals surface area contributed by atoms with Crippen LogP contribution >= 0.6 is 0 Å². The summed E-state index contributed by atoms with van der Waals surface area (Å²) >= 11 is 0. The lowest BCUT2D eigenvalue weighted by molar-refractivity contribution is -0.140. The Kier molecular flexibility index (Phi) is 8.98. The van der Waals surface area contributed by atoms with Gasteiger partial charge in [0.15, 0.2) is 0 Å². The van der Waals surface area contributed by atoms with Crippen LogP contribution in [0.25, 0.3) is 0 Å². The number of nitrogens with one attached hydrogen (secondary N) is 2. The number of allylic oxidation sites excluding steroid dienone is 2. The number of ether oxygens (including phenoxy) is 1. The van der Waals surface area contributed by atoms with Gasteiger partial charge in [0.1, 0.15) is 6.04 Å². The van der Waals surface area contributed by atoms with Crippen molar-refractivity contribution in [2.75, 3.05) is 32.8 Å². The van der Waals surface area contributed by atoms with Gasteiger partial charge in [0, 0.05) is 45.3 Å². The van der Waals surface area contributed by atoms with Gasteiger partial charge >= 0.3 is 0 Å². The Hall–Kier alpha value is -2.18. The molecule has 6 heteroatoms. The van der Waals surface area contributed by atoms with E-state index in [0.717, 1.165) is 37.4 Å². The Morgan fingerprint density at radius 2 is 1.73 bits per heavy atom. The van der Waals surface area contributed by atoms with Crippen molar-refractivity contribution in [1.82, 2.24) is 15.5 Å². The zero-order chi connectivity index (χ0) is 25.5. The molecule has 5 rings (SSSR count). The summed E-state index contributed by atoms with van der Waals surface area (Å²) in [6.07, 6.45) is 15.9. The molecule has 3 fully saturated rings. The van der Waals surface area contributed by atoms with Gasteiger partial charge in [0.05, 0.1) is 5.41 Å². The van der Waals surface area contributed by atoms with Crippen LogP contribution in [0.2, 0.25) is 0 Å². The lowest BCUT2D eigenvalue weighted by atomic mass is 9.75. The highest BCUT2D eigenvalue weighted by atomic mass is 16.5. The Morgan fingerprint density at radius 3 is 2.51 bits per heavy atom. The van der Waals surface area contributed by atoms with E-state index < -0.39 is 11.5 Å². The van der Waals surface area contributed by atoms with Gasteiger partial charge in [-0.25, -0.2) is 0 Å². The zero-order valence-electron chi connectivity index (χ0n) is 22.3. The molecule has 37 heavy (non-hydrogen) atoms. The van der Waals surface area contributed by atoms with Gasteiger partial charge in [-0.1, -0.05) is 61.7 Å². The largest absolute Gasteiger partial charge is 0.381 e. The summed E-state index contributed by atoms with van der Waals surface area (Å²) in [6, 6.07) is 9.62. The summed E-state index contributed by atoms with van der Waals surface area (Å²) < 4.78 is 5.62. The highest BCUT2D eigenvalue weighted by Gasteiger charge is 2.41. The third-order valence-electron chi connectivity index (χ3n) is 9.34. The van der Waals surface area contributed by atoms with Gasteiger partial charge in [0.2, 0.25) is 11.8 Å². The minimum Gasteiger partial charge on any atom is -0.381 e. The number of nitrogens with zero attached hydrogens (tertiary/aromatic N) is 1. The van der Waals surface area contributed by atoms with Crippen molar-refractivity contribution in [3.8, 4) is 0 Å². The molecule has 3 atom stereocenters. The standard InChI is InChI=1S/C31H45N3O3/c35-29-28(21-24-9-3-1-4-10-24)33-30(36)31(16-19-37-20-17-31)15-8-7-13-26-23-34(18-14-27(26)32-29)22-25-11-5-2-6-12-25/h1,3-4,7-10,25-28H,2,5-6,11-23H2,(H,32,35)(H,33,36)/b8-7+/t26-,27-,28+/m1/s1. The average molecular weight is 508 g/mol. The number of likely N-dealkylation sites (tertiary alicyclic amines) is 1. The van der Waals surface area contributed by atoms with Gasteiger partial charge < -0.3 is 20.3 Å². The summed E-state index contributed by atoms with van der Waals surface area (Å²) in [5.41, 5.74) is 0.567. The van der Waals surface area contributed by atoms with Crippen LogP contribution in [0.1, 0.15) is 69.8 Å². The molecule has 1 saturated carbocycles. The summed E-state index contributed by atoms with van der Waals surface area (Å²) in [7, 11) is 0. The van der Waals surface area contributed by atoms with E-state index in [0.29, 0.717) is 44.8 Å². The minimum atomic E-state index is -0.570. The molecule has 1 aromatic carbocycles. The molecule has 6 nitrogen and oxygen atoms in total. The number of carbonyl (C=O) groups excluding carboxylic acids is 2. The molecule has 202 valence electrons. The smallest absolute Gasteiger partial charge is 0.243 e. The van der Waals surface area contributed by atoms with E-state index in [1.807, 2.05) is 30.3 Å². The van der Waals surface area contributed by atoms with Crippen LogP contribution in [0.5, 0.6) is 0 Å². The molecule has 0 bridgehead atoms. The van der Waals surface area contributed by atoms with Crippen molar-refractivity contribution >= 4 is 11.8 Å². The molecule has 3 heterocycles. The normalized spacial score (nSPS) is 30.9. The molecular formula is C31H45N3O3. The predicted molar refractivity (Wildman–Crippen MR) is 146 cm³/mol. The number of rotatable bonds is 4. The fourth-order valence-electron chi connectivity index (χ4n) is 6.96. The van der Waals surface area contributed by atoms with E-state index in [1.165, 1.54) is 38.6 Å². The van der Waals surface area contributed by atoms with Gasteiger partial charge in [-0.2, -0.15) is 0 Å². The SMILES string of the molecule is O=C1N[C@@H]2CCN(CC3CCCCC3)C[C@H]2C/C=C/CC2(CCOCC2)C(=O)N[C@H]1Cc1ccccc1. The van der Waals surface area contributed by atoms with Crippen molar-refractivity contribution in [2.24, 2.45) is 17.3 Å². The van der Waals surface area contributed by atoms with E-state index in [4.69, 9.17) is 4.74 Å². The van der Waals surface area contributed by atoms with E-state index >= 15 is 0 Å².